The van der Waals surface area contributed by atoms with Crippen molar-refractivity contribution in [1.82, 2.24) is 9.97 Å². The number of carbonyl (C=O) groups is 1. The van der Waals surface area contributed by atoms with Crippen molar-refractivity contribution in [2.24, 2.45) is 0 Å². The van der Waals surface area contributed by atoms with Crippen LogP contribution in [0, 0.1) is 0 Å². The number of aromatic amines is 1. The van der Waals surface area contributed by atoms with Gasteiger partial charge < -0.3 is 24.5 Å². The number of amides is 1. The first-order valence-electron chi connectivity index (χ1n) is 9.75. The van der Waals surface area contributed by atoms with E-state index in [0.29, 0.717) is 22.9 Å². The van der Waals surface area contributed by atoms with E-state index in [-0.39, 0.29) is 12.3 Å². The zero-order valence-electron chi connectivity index (χ0n) is 17.6. The largest absolute Gasteiger partial charge is 0.493 e. The fourth-order valence-corrected chi connectivity index (χ4v) is 3.46. The molecule has 2 N–H and O–H groups in total. The Morgan fingerprint density at radius 2 is 1.68 bits per heavy atom. The van der Waals surface area contributed by atoms with Crippen molar-refractivity contribution in [3.05, 3.63) is 66.2 Å². The molecule has 1 heterocycles. The maximum atomic E-state index is 12.7. The summed E-state index contributed by atoms with van der Waals surface area (Å²) in [5.74, 6) is 2.11. The lowest BCUT2D eigenvalue weighted by Gasteiger charge is -2.14. The number of hydrogen-bond donors (Lipinski definition) is 2. The van der Waals surface area contributed by atoms with Crippen LogP contribution in [0.25, 0.3) is 22.4 Å². The van der Waals surface area contributed by atoms with Gasteiger partial charge in [0.2, 0.25) is 11.7 Å². The third kappa shape index (κ3) is 4.30. The molecule has 0 bridgehead atoms. The highest BCUT2D eigenvalue weighted by Gasteiger charge is 2.15. The van der Waals surface area contributed by atoms with Gasteiger partial charge in [-0.15, -0.1) is 0 Å². The molecule has 0 radical (unpaired) electrons. The minimum absolute atomic E-state index is 0.156. The van der Waals surface area contributed by atoms with E-state index in [2.05, 4.69) is 15.3 Å². The summed E-state index contributed by atoms with van der Waals surface area (Å²) >= 11 is 0. The highest BCUT2D eigenvalue weighted by atomic mass is 16.5. The van der Waals surface area contributed by atoms with E-state index in [4.69, 9.17) is 14.2 Å². The van der Waals surface area contributed by atoms with Crippen molar-refractivity contribution in [2.45, 2.75) is 6.42 Å². The van der Waals surface area contributed by atoms with Crippen molar-refractivity contribution in [3.63, 3.8) is 0 Å². The van der Waals surface area contributed by atoms with Crippen molar-refractivity contribution in [1.29, 1.82) is 0 Å². The van der Waals surface area contributed by atoms with Crippen LogP contribution in [0.2, 0.25) is 0 Å². The molecule has 158 valence electrons. The molecular weight excluding hydrogens is 394 g/mol. The molecule has 1 aromatic heterocycles. The molecule has 0 aliphatic heterocycles. The van der Waals surface area contributed by atoms with Gasteiger partial charge in [0.05, 0.1) is 38.8 Å². The average Bonchev–Trinajstić information content (AvgIpc) is 3.23. The van der Waals surface area contributed by atoms with E-state index in [1.807, 2.05) is 48.5 Å². The maximum Gasteiger partial charge on any atom is 0.228 e. The molecule has 0 atom stereocenters. The van der Waals surface area contributed by atoms with Crippen molar-refractivity contribution < 1.29 is 19.0 Å². The molecule has 0 unspecified atom stereocenters. The zero-order valence-corrected chi connectivity index (χ0v) is 17.6. The topological polar surface area (TPSA) is 85.5 Å². The molecule has 0 aliphatic carbocycles. The molecule has 0 spiro atoms. The Hall–Kier alpha value is -4.00. The predicted molar refractivity (Wildman–Crippen MR) is 120 cm³/mol. The molecule has 7 nitrogen and oxygen atoms in total. The second-order valence-electron chi connectivity index (χ2n) is 6.94. The van der Waals surface area contributed by atoms with E-state index in [0.717, 1.165) is 28.0 Å². The SMILES string of the molecule is COc1cc(CC(=O)Nc2cccc(-c3nc4ccccc4[nH]3)c2)cc(OC)c1OC. The Balaban J connectivity index is 1.52. The summed E-state index contributed by atoms with van der Waals surface area (Å²) in [6, 6.07) is 19.0. The number of para-hydroxylation sites is 2. The molecule has 31 heavy (non-hydrogen) atoms. The Labute approximate surface area is 180 Å². The third-order valence-corrected chi connectivity index (χ3v) is 4.90. The van der Waals surface area contributed by atoms with E-state index in [1.165, 1.54) is 0 Å². The Bertz CT molecular complexity index is 1170. The fourth-order valence-electron chi connectivity index (χ4n) is 3.46. The molecule has 0 saturated carbocycles. The first-order chi connectivity index (χ1) is 15.1. The lowest BCUT2D eigenvalue weighted by Crippen LogP contribution is -2.14. The van der Waals surface area contributed by atoms with Crippen LogP contribution in [-0.4, -0.2) is 37.2 Å². The van der Waals surface area contributed by atoms with Crippen LogP contribution >= 0.6 is 0 Å². The Morgan fingerprint density at radius 1 is 0.935 bits per heavy atom. The first-order valence-corrected chi connectivity index (χ1v) is 9.75. The fraction of sp³-hybridized carbons (Fsp3) is 0.167. The molecule has 4 rings (SSSR count). The number of hydrogen-bond acceptors (Lipinski definition) is 5. The summed E-state index contributed by atoms with van der Waals surface area (Å²) in [5.41, 5.74) is 4.20. The molecule has 1 amide bonds. The number of aromatic nitrogens is 2. The predicted octanol–water partition coefficient (Wildman–Crippen LogP) is 4.44. The highest BCUT2D eigenvalue weighted by Crippen LogP contribution is 2.38. The van der Waals surface area contributed by atoms with E-state index in [9.17, 15) is 4.79 Å². The number of rotatable bonds is 7. The molecular formula is C24H23N3O4. The standard InChI is InChI=1S/C24H23N3O4/c1-29-20-11-15(12-21(30-2)23(20)31-3)13-22(28)25-17-8-6-7-16(14-17)24-26-18-9-4-5-10-19(18)27-24/h4-12,14H,13H2,1-3H3,(H,25,28)(H,26,27). The minimum atomic E-state index is -0.156. The number of ether oxygens (including phenoxy) is 3. The zero-order chi connectivity index (χ0) is 21.8. The van der Waals surface area contributed by atoms with Gasteiger partial charge in [-0.05, 0) is 42.0 Å². The van der Waals surface area contributed by atoms with Crippen molar-refractivity contribution >= 4 is 22.6 Å². The van der Waals surface area contributed by atoms with Crippen molar-refractivity contribution in [2.75, 3.05) is 26.6 Å². The summed E-state index contributed by atoms with van der Waals surface area (Å²) in [6.45, 7) is 0. The molecule has 7 heteroatoms. The van der Waals surface area contributed by atoms with Gasteiger partial charge in [0.1, 0.15) is 5.82 Å². The summed E-state index contributed by atoms with van der Waals surface area (Å²) in [6.07, 6.45) is 0.158. The van der Waals surface area contributed by atoms with Gasteiger partial charge >= 0.3 is 0 Å². The maximum absolute atomic E-state index is 12.7. The lowest BCUT2D eigenvalue weighted by molar-refractivity contribution is -0.115. The van der Waals surface area contributed by atoms with E-state index in [1.54, 1.807) is 33.5 Å². The summed E-state index contributed by atoms with van der Waals surface area (Å²) in [7, 11) is 4.64. The average molecular weight is 417 g/mol. The van der Waals surface area contributed by atoms with Gasteiger partial charge in [0, 0.05) is 11.3 Å². The molecule has 3 aromatic carbocycles. The van der Waals surface area contributed by atoms with Gasteiger partial charge in [-0.2, -0.15) is 0 Å². The van der Waals surface area contributed by atoms with Crippen LogP contribution in [0.15, 0.2) is 60.7 Å². The van der Waals surface area contributed by atoms with Crippen LogP contribution < -0.4 is 19.5 Å². The number of carbonyl (C=O) groups excluding carboxylic acids is 1. The summed E-state index contributed by atoms with van der Waals surface area (Å²) in [5, 5.41) is 2.94. The quantitative estimate of drug-likeness (QED) is 0.464. The Kier molecular flexibility index (Phi) is 5.75. The highest BCUT2D eigenvalue weighted by molar-refractivity contribution is 5.93. The number of nitrogens with zero attached hydrogens (tertiary/aromatic N) is 1. The molecule has 0 aliphatic rings. The van der Waals surface area contributed by atoms with Gasteiger partial charge in [-0.3, -0.25) is 4.79 Å². The van der Waals surface area contributed by atoms with Crippen molar-refractivity contribution in [3.8, 4) is 28.6 Å². The van der Waals surface area contributed by atoms with Gasteiger partial charge in [0.25, 0.3) is 0 Å². The third-order valence-electron chi connectivity index (χ3n) is 4.90. The summed E-state index contributed by atoms with van der Waals surface area (Å²) < 4.78 is 16.1. The normalized spacial score (nSPS) is 10.7. The van der Waals surface area contributed by atoms with E-state index < -0.39 is 0 Å². The number of imidazole rings is 1. The number of methoxy groups -OCH3 is 3. The monoisotopic (exact) mass is 417 g/mol. The number of fused-ring (bicyclic) bond motifs is 1. The molecule has 4 aromatic rings. The van der Waals surface area contributed by atoms with Crippen LogP contribution in [0.5, 0.6) is 17.2 Å². The number of benzene rings is 3. The van der Waals surface area contributed by atoms with E-state index >= 15 is 0 Å². The van der Waals surface area contributed by atoms with Crippen LogP contribution in [0.4, 0.5) is 5.69 Å². The second kappa shape index (κ2) is 8.79. The van der Waals surface area contributed by atoms with Crippen LogP contribution in [-0.2, 0) is 11.2 Å². The van der Waals surface area contributed by atoms with Gasteiger partial charge in [0.15, 0.2) is 11.5 Å². The lowest BCUT2D eigenvalue weighted by atomic mass is 10.1. The molecule has 0 saturated heterocycles. The van der Waals surface area contributed by atoms with Gasteiger partial charge in [-0.25, -0.2) is 4.98 Å². The Morgan fingerprint density at radius 3 is 2.35 bits per heavy atom. The van der Waals surface area contributed by atoms with Crippen LogP contribution in [0.3, 0.4) is 0 Å². The minimum Gasteiger partial charge on any atom is -0.493 e. The molecule has 0 fully saturated rings. The second-order valence-corrected chi connectivity index (χ2v) is 6.94. The number of nitrogens with one attached hydrogen (secondary N) is 2. The smallest absolute Gasteiger partial charge is 0.228 e. The van der Waals surface area contributed by atoms with Crippen LogP contribution in [0.1, 0.15) is 5.56 Å². The number of anilines is 1. The van der Waals surface area contributed by atoms with Gasteiger partial charge in [-0.1, -0.05) is 24.3 Å². The number of H-pyrrole nitrogens is 1. The summed E-state index contributed by atoms with van der Waals surface area (Å²) in [4.78, 5) is 20.6. The first kappa shape index (κ1) is 20.3.